The zero-order chi connectivity index (χ0) is 18.9. The molecule has 2 aromatic rings. The fourth-order valence-corrected chi connectivity index (χ4v) is 5.79. The van der Waals surface area contributed by atoms with Crippen molar-refractivity contribution in [3.63, 3.8) is 0 Å². The smallest absolute Gasteiger partial charge is 0.263 e. The molecule has 9 heteroatoms. The highest BCUT2D eigenvalue weighted by Gasteiger charge is 2.30. The van der Waals surface area contributed by atoms with Crippen LogP contribution >= 0.6 is 22.9 Å². The largest absolute Gasteiger partial charge is 0.369 e. The Kier molecular flexibility index (Phi) is 5.57. The van der Waals surface area contributed by atoms with Crippen molar-refractivity contribution in [1.29, 1.82) is 0 Å². The van der Waals surface area contributed by atoms with Crippen molar-refractivity contribution in [3.8, 4) is 0 Å². The topological polar surface area (TPSA) is 60.9 Å². The van der Waals surface area contributed by atoms with Crippen LogP contribution < -0.4 is 4.90 Å². The van der Waals surface area contributed by atoms with Crippen LogP contribution in [0.3, 0.4) is 0 Å². The van der Waals surface area contributed by atoms with Crippen molar-refractivity contribution in [2.24, 2.45) is 0 Å². The zero-order valence-corrected chi connectivity index (χ0v) is 16.9. The van der Waals surface area contributed by atoms with Gasteiger partial charge in [-0.15, -0.1) is 11.3 Å². The molecular formula is C17H20ClN3O3S2. The molecule has 2 heterocycles. The maximum absolute atomic E-state index is 12.9. The molecule has 0 bridgehead atoms. The van der Waals surface area contributed by atoms with Crippen LogP contribution in [0.5, 0.6) is 0 Å². The minimum atomic E-state index is -3.58. The number of nitrogens with zero attached hydrogens (tertiary/aromatic N) is 3. The number of hydrogen-bond acceptors (Lipinski definition) is 5. The number of anilines is 1. The second kappa shape index (κ2) is 7.56. The molecular weight excluding hydrogens is 394 g/mol. The Morgan fingerprint density at radius 1 is 1.04 bits per heavy atom. The van der Waals surface area contributed by atoms with Gasteiger partial charge >= 0.3 is 0 Å². The zero-order valence-electron chi connectivity index (χ0n) is 14.6. The van der Waals surface area contributed by atoms with E-state index in [9.17, 15) is 13.2 Å². The van der Waals surface area contributed by atoms with Gasteiger partial charge in [-0.25, -0.2) is 8.42 Å². The number of halogens is 1. The van der Waals surface area contributed by atoms with Crippen LogP contribution in [0.4, 0.5) is 5.69 Å². The number of piperazine rings is 1. The fourth-order valence-electron chi connectivity index (χ4n) is 2.76. The first-order valence-corrected chi connectivity index (χ1v) is 10.7. The molecule has 26 heavy (non-hydrogen) atoms. The van der Waals surface area contributed by atoms with E-state index in [0.29, 0.717) is 36.1 Å². The molecule has 1 amide bonds. The Balaban J connectivity index is 1.70. The molecule has 0 atom stereocenters. The summed E-state index contributed by atoms with van der Waals surface area (Å²) in [5.74, 6) is -0.191. The molecule has 6 nitrogen and oxygen atoms in total. The Hall–Kier alpha value is -1.61. The molecule has 1 aromatic heterocycles. The van der Waals surface area contributed by atoms with E-state index >= 15 is 0 Å². The summed E-state index contributed by atoms with van der Waals surface area (Å²) in [6, 6.07) is 10.6. The number of hydrogen-bond donors (Lipinski definition) is 0. The van der Waals surface area contributed by atoms with Gasteiger partial charge in [0, 0.05) is 51.0 Å². The molecule has 3 rings (SSSR count). The number of thiophene rings is 1. The van der Waals surface area contributed by atoms with Crippen molar-refractivity contribution in [1.82, 2.24) is 9.21 Å². The summed E-state index contributed by atoms with van der Waals surface area (Å²) in [7, 11) is -0.289. The third-order valence-corrected chi connectivity index (χ3v) is 7.91. The lowest BCUT2D eigenvalue weighted by atomic mass is 10.2. The first-order valence-electron chi connectivity index (χ1n) is 8.11. The number of carbonyl (C=O) groups is 1. The SMILES string of the molecule is CN(C)C(=O)c1ccc(S(=O)(=O)N2CCN(c3ccc(Cl)cc3)CC2)s1. The summed E-state index contributed by atoms with van der Waals surface area (Å²) in [5, 5.41) is 0.677. The van der Waals surface area contributed by atoms with Gasteiger partial charge in [0.05, 0.1) is 4.88 Å². The average Bonchev–Trinajstić information content (AvgIpc) is 3.12. The van der Waals surface area contributed by atoms with Gasteiger partial charge in [0.15, 0.2) is 0 Å². The van der Waals surface area contributed by atoms with Gasteiger partial charge in [0.25, 0.3) is 15.9 Å². The maximum atomic E-state index is 12.9. The van der Waals surface area contributed by atoms with Crippen molar-refractivity contribution < 1.29 is 13.2 Å². The predicted octanol–water partition coefficient (Wildman–Crippen LogP) is 2.61. The van der Waals surface area contributed by atoms with E-state index in [-0.39, 0.29) is 10.1 Å². The van der Waals surface area contributed by atoms with Crippen molar-refractivity contribution in [3.05, 3.63) is 46.3 Å². The number of sulfonamides is 1. The molecule has 0 radical (unpaired) electrons. The third kappa shape index (κ3) is 3.88. The van der Waals surface area contributed by atoms with Crippen LogP contribution in [0.25, 0.3) is 0 Å². The Morgan fingerprint density at radius 3 is 2.23 bits per heavy atom. The average molecular weight is 414 g/mol. The van der Waals surface area contributed by atoms with E-state index in [0.717, 1.165) is 17.0 Å². The lowest BCUT2D eigenvalue weighted by Crippen LogP contribution is -2.48. The standard InChI is InChI=1S/C17H20ClN3O3S2/c1-19(2)17(22)15-7-8-16(25-15)26(23,24)21-11-9-20(10-12-21)14-5-3-13(18)4-6-14/h3-8H,9-12H2,1-2H3. The molecule has 140 valence electrons. The summed E-state index contributed by atoms with van der Waals surface area (Å²) < 4.78 is 27.4. The molecule has 0 spiro atoms. The number of benzene rings is 1. The number of carbonyl (C=O) groups excluding carboxylic acids is 1. The summed E-state index contributed by atoms with van der Waals surface area (Å²) in [4.78, 5) is 16.0. The molecule has 1 saturated heterocycles. The van der Waals surface area contributed by atoms with Gasteiger partial charge in [0.2, 0.25) is 0 Å². The van der Waals surface area contributed by atoms with E-state index < -0.39 is 10.0 Å². The molecule has 0 unspecified atom stereocenters. The second-order valence-electron chi connectivity index (χ2n) is 6.19. The Bertz CT molecular complexity index is 886. The quantitative estimate of drug-likeness (QED) is 0.773. The van der Waals surface area contributed by atoms with Gasteiger partial charge in [-0.1, -0.05) is 11.6 Å². The van der Waals surface area contributed by atoms with Gasteiger partial charge in [-0.2, -0.15) is 4.31 Å². The lowest BCUT2D eigenvalue weighted by molar-refractivity contribution is 0.0832. The minimum Gasteiger partial charge on any atom is -0.369 e. The molecule has 0 saturated carbocycles. The molecule has 0 N–H and O–H groups in total. The van der Waals surface area contributed by atoms with E-state index in [4.69, 9.17) is 11.6 Å². The molecule has 0 aliphatic carbocycles. The first-order chi connectivity index (χ1) is 12.3. The highest BCUT2D eigenvalue weighted by Crippen LogP contribution is 2.27. The molecule has 1 aromatic carbocycles. The summed E-state index contributed by atoms with van der Waals surface area (Å²) in [5.41, 5.74) is 1.03. The van der Waals surface area contributed by atoms with Crippen molar-refractivity contribution in [2.75, 3.05) is 45.2 Å². The molecule has 1 aliphatic rings. The van der Waals surface area contributed by atoms with Crippen LogP contribution in [0.1, 0.15) is 9.67 Å². The predicted molar refractivity (Wildman–Crippen MR) is 105 cm³/mol. The summed E-state index contributed by atoms with van der Waals surface area (Å²) in [6.45, 7) is 2.02. The van der Waals surface area contributed by atoms with Crippen LogP contribution in [0.15, 0.2) is 40.6 Å². The van der Waals surface area contributed by atoms with E-state index in [1.807, 2.05) is 24.3 Å². The van der Waals surface area contributed by atoms with Crippen LogP contribution in [0.2, 0.25) is 5.02 Å². The fraction of sp³-hybridized carbons (Fsp3) is 0.353. The highest BCUT2D eigenvalue weighted by molar-refractivity contribution is 7.91. The van der Waals surface area contributed by atoms with Gasteiger partial charge < -0.3 is 9.80 Å². The number of rotatable bonds is 4. The maximum Gasteiger partial charge on any atom is 0.263 e. The monoisotopic (exact) mass is 413 g/mol. The van der Waals surface area contributed by atoms with Gasteiger partial charge in [-0.05, 0) is 36.4 Å². The Morgan fingerprint density at radius 2 is 1.65 bits per heavy atom. The third-order valence-electron chi connectivity index (χ3n) is 4.22. The van der Waals surface area contributed by atoms with Crippen molar-refractivity contribution in [2.45, 2.75) is 4.21 Å². The normalized spacial score (nSPS) is 15.9. The first kappa shape index (κ1) is 19.2. The molecule has 1 fully saturated rings. The van der Waals surface area contributed by atoms with E-state index in [1.165, 1.54) is 15.3 Å². The second-order valence-corrected chi connectivity index (χ2v) is 9.87. The highest BCUT2D eigenvalue weighted by atomic mass is 35.5. The summed E-state index contributed by atoms with van der Waals surface area (Å²) in [6.07, 6.45) is 0. The van der Waals surface area contributed by atoms with Crippen LogP contribution in [-0.4, -0.2) is 63.8 Å². The van der Waals surface area contributed by atoms with E-state index in [2.05, 4.69) is 4.90 Å². The summed E-state index contributed by atoms with van der Waals surface area (Å²) >= 11 is 6.93. The van der Waals surface area contributed by atoms with Crippen LogP contribution in [-0.2, 0) is 10.0 Å². The van der Waals surface area contributed by atoms with Gasteiger partial charge in [-0.3, -0.25) is 4.79 Å². The van der Waals surface area contributed by atoms with E-state index in [1.54, 1.807) is 20.2 Å². The number of amides is 1. The van der Waals surface area contributed by atoms with Crippen LogP contribution in [0, 0.1) is 0 Å². The molecule has 1 aliphatic heterocycles. The lowest BCUT2D eigenvalue weighted by Gasteiger charge is -2.35. The van der Waals surface area contributed by atoms with Gasteiger partial charge in [0.1, 0.15) is 4.21 Å². The Labute approximate surface area is 162 Å². The van der Waals surface area contributed by atoms with Crippen molar-refractivity contribution >= 4 is 44.6 Å². The minimum absolute atomic E-state index is 0.191.